The molecule has 0 bridgehead atoms. The van der Waals surface area contributed by atoms with Crippen molar-refractivity contribution in [1.29, 1.82) is 0 Å². The highest BCUT2D eigenvalue weighted by atomic mass is 35.5. The van der Waals surface area contributed by atoms with Crippen LogP contribution in [0.5, 0.6) is 0 Å². The number of rotatable bonds is 3. The number of hydrogen-bond donors (Lipinski definition) is 1. The van der Waals surface area contributed by atoms with Gasteiger partial charge in [0, 0.05) is 17.3 Å². The van der Waals surface area contributed by atoms with E-state index in [1.165, 1.54) is 12.1 Å². The molecule has 1 aliphatic heterocycles. The number of nitrogens with two attached hydrogens (primary N) is 1. The first kappa shape index (κ1) is 10.7. The molecule has 1 atom stereocenters. The summed E-state index contributed by atoms with van der Waals surface area (Å²) >= 11 is 5.85. The summed E-state index contributed by atoms with van der Waals surface area (Å²) in [5.41, 5.74) is 1.19. The fourth-order valence-corrected chi connectivity index (χ4v) is 2.22. The average molecular weight is 227 g/mol. The highest BCUT2D eigenvalue weighted by Gasteiger charge is 2.24. The number of anilines is 1. The SMILES string of the molecule is NOCC1CCCN1c1ccc(Cl)cc1. The Hall–Kier alpha value is -0.770. The summed E-state index contributed by atoms with van der Waals surface area (Å²) in [6.45, 7) is 1.65. The normalized spacial score (nSPS) is 20.9. The van der Waals surface area contributed by atoms with Crippen molar-refractivity contribution in [3.63, 3.8) is 0 Å². The van der Waals surface area contributed by atoms with Gasteiger partial charge in [0.2, 0.25) is 0 Å². The third-order valence-corrected chi connectivity index (χ3v) is 3.08. The van der Waals surface area contributed by atoms with Gasteiger partial charge in [-0.25, -0.2) is 5.90 Å². The van der Waals surface area contributed by atoms with Gasteiger partial charge < -0.3 is 9.74 Å². The second-order valence-corrected chi connectivity index (χ2v) is 4.24. The summed E-state index contributed by atoms with van der Waals surface area (Å²) in [4.78, 5) is 7.06. The van der Waals surface area contributed by atoms with E-state index >= 15 is 0 Å². The number of halogens is 1. The summed E-state index contributed by atoms with van der Waals surface area (Å²) in [5.74, 6) is 5.12. The van der Waals surface area contributed by atoms with Crippen LogP contribution in [-0.2, 0) is 4.84 Å². The van der Waals surface area contributed by atoms with Crippen LogP contribution in [0.3, 0.4) is 0 Å². The van der Waals surface area contributed by atoms with Crippen molar-refractivity contribution in [3.05, 3.63) is 29.3 Å². The molecule has 0 amide bonds. The van der Waals surface area contributed by atoms with E-state index in [4.69, 9.17) is 22.3 Å². The van der Waals surface area contributed by atoms with E-state index in [9.17, 15) is 0 Å². The van der Waals surface area contributed by atoms with Crippen molar-refractivity contribution in [2.75, 3.05) is 18.1 Å². The number of nitrogens with zero attached hydrogens (tertiary/aromatic N) is 1. The molecule has 1 aliphatic rings. The van der Waals surface area contributed by atoms with Crippen molar-refractivity contribution in [2.24, 2.45) is 5.90 Å². The predicted octanol–water partition coefficient (Wildman–Crippen LogP) is 2.20. The quantitative estimate of drug-likeness (QED) is 0.804. The summed E-state index contributed by atoms with van der Waals surface area (Å²) in [6, 6.07) is 8.30. The number of benzene rings is 1. The highest BCUT2D eigenvalue weighted by molar-refractivity contribution is 6.30. The van der Waals surface area contributed by atoms with Gasteiger partial charge in [-0.2, -0.15) is 0 Å². The van der Waals surface area contributed by atoms with Gasteiger partial charge in [-0.1, -0.05) is 11.6 Å². The van der Waals surface area contributed by atoms with E-state index in [1.54, 1.807) is 0 Å². The van der Waals surface area contributed by atoms with Gasteiger partial charge in [-0.05, 0) is 37.1 Å². The van der Waals surface area contributed by atoms with Crippen molar-refractivity contribution < 1.29 is 4.84 Å². The van der Waals surface area contributed by atoms with Gasteiger partial charge in [0.05, 0.1) is 12.6 Å². The standard InChI is InChI=1S/C11H15ClN2O/c12-9-3-5-10(6-4-9)14-7-1-2-11(14)8-15-13/h3-6,11H,1-2,7-8,13H2. The Morgan fingerprint density at radius 2 is 2.13 bits per heavy atom. The van der Waals surface area contributed by atoms with Gasteiger partial charge in [-0.3, -0.25) is 0 Å². The summed E-state index contributed by atoms with van der Waals surface area (Å²) in [5, 5.41) is 0.768. The minimum Gasteiger partial charge on any atom is -0.366 e. The topological polar surface area (TPSA) is 38.5 Å². The lowest BCUT2D eigenvalue weighted by molar-refractivity contribution is 0.124. The largest absolute Gasteiger partial charge is 0.366 e. The maximum atomic E-state index is 5.85. The van der Waals surface area contributed by atoms with E-state index < -0.39 is 0 Å². The van der Waals surface area contributed by atoms with Crippen LogP contribution in [0.2, 0.25) is 5.02 Å². The van der Waals surface area contributed by atoms with Crippen molar-refractivity contribution in [3.8, 4) is 0 Å². The van der Waals surface area contributed by atoms with Crippen LogP contribution in [0, 0.1) is 0 Å². The maximum Gasteiger partial charge on any atom is 0.0882 e. The van der Waals surface area contributed by atoms with Gasteiger partial charge in [0.15, 0.2) is 0 Å². The second kappa shape index (κ2) is 4.84. The molecule has 3 nitrogen and oxygen atoms in total. The monoisotopic (exact) mass is 226 g/mol. The Morgan fingerprint density at radius 1 is 1.40 bits per heavy atom. The lowest BCUT2D eigenvalue weighted by Gasteiger charge is -2.25. The van der Waals surface area contributed by atoms with E-state index in [1.807, 2.05) is 24.3 Å². The van der Waals surface area contributed by atoms with Crippen LogP contribution < -0.4 is 10.8 Å². The smallest absolute Gasteiger partial charge is 0.0882 e. The van der Waals surface area contributed by atoms with Gasteiger partial charge in [0.25, 0.3) is 0 Å². The second-order valence-electron chi connectivity index (χ2n) is 3.80. The zero-order valence-electron chi connectivity index (χ0n) is 8.53. The third-order valence-electron chi connectivity index (χ3n) is 2.82. The molecule has 0 spiro atoms. The molecule has 1 saturated heterocycles. The van der Waals surface area contributed by atoms with Gasteiger partial charge in [0.1, 0.15) is 0 Å². The molecular weight excluding hydrogens is 212 g/mol. The van der Waals surface area contributed by atoms with Crippen LogP contribution in [0.1, 0.15) is 12.8 Å². The molecule has 0 aliphatic carbocycles. The van der Waals surface area contributed by atoms with Gasteiger partial charge in [-0.15, -0.1) is 0 Å². The Labute approximate surface area is 94.7 Å². The van der Waals surface area contributed by atoms with Crippen LogP contribution in [0.25, 0.3) is 0 Å². The molecule has 15 heavy (non-hydrogen) atoms. The minimum atomic E-state index is 0.399. The molecule has 0 aromatic heterocycles. The van der Waals surface area contributed by atoms with Crippen molar-refractivity contribution in [2.45, 2.75) is 18.9 Å². The van der Waals surface area contributed by atoms with Crippen LogP contribution in [-0.4, -0.2) is 19.2 Å². The molecule has 0 radical (unpaired) electrons. The number of hydrogen-bond acceptors (Lipinski definition) is 3. The Morgan fingerprint density at radius 3 is 2.80 bits per heavy atom. The molecule has 1 aromatic rings. The first-order valence-corrected chi connectivity index (χ1v) is 5.53. The van der Waals surface area contributed by atoms with Crippen molar-refractivity contribution in [1.82, 2.24) is 0 Å². The fraction of sp³-hybridized carbons (Fsp3) is 0.455. The Balaban J connectivity index is 2.11. The molecular formula is C11H15ClN2O. The van der Waals surface area contributed by atoms with Crippen molar-refractivity contribution >= 4 is 17.3 Å². The molecule has 82 valence electrons. The van der Waals surface area contributed by atoms with E-state index in [0.29, 0.717) is 12.6 Å². The summed E-state index contributed by atoms with van der Waals surface area (Å²) < 4.78 is 0. The first-order valence-electron chi connectivity index (χ1n) is 5.15. The molecule has 1 fully saturated rings. The van der Waals surface area contributed by atoms with Crippen LogP contribution in [0.15, 0.2) is 24.3 Å². The average Bonchev–Trinajstić information content (AvgIpc) is 2.68. The molecule has 1 aromatic carbocycles. The van der Waals surface area contributed by atoms with E-state index in [2.05, 4.69) is 4.90 Å². The van der Waals surface area contributed by atoms with E-state index in [0.717, 1.165) is 18.0 Å². The summed E-state index contributed by atoms with van der Waals surface area (Å²) in [6.07, 6.45) is 2.33. The maximum absolute atomic E-state index is 5.85. The molecule has 1 unspecified atom stereocenters. The zero-order chi connectivity index (χ0) is 10.7. The Kier molecular flexibility index (Phi) is 3.46. The van der Waals surface area contributed by atoms with Gasteiger partial charge >= 0.3 is 0 Å². The van der Waals surface area contributed by atoms with Crippen LogP contribution in [0.4, 0.5) is 5.69 Å². The molecule has 1 heterocycles. The predicted molar refractivity (Wildman–Crippen MR) is 62.0 cm³/mol. The molecule has 4 heteroatoms. The molecule has 2 N–H and O–H groups in total. The zero-order valence-corrected chi connectivity index (χ0v) is 9.28. The van der Waals surface area contributed by atoms with Crippen LogP contribution >= 0.6 is 11.6 Å². The third kappa shape index (κ3) is 2.43. The molecule has 0 saturated carbocycles. The molecule has 2 rings (SSSR count). The van der Waals surface area contributed by atoms with E-state index in [-0.39, 0.29) is 0 Å². The minimum absolute atomic E-state index is 0.399. The fourth-order valence-electron chi connectivity index (χ4n) is 2.09. The summed E-state index contributed by atoms with van der Waals surface area (Å²) in [7, 11) is 0. The highest BCUT2D eigenvalue weighted by Crippen LogP contribution is 2.26. The first-order chi connectivity index (χ1) is 7.31. The Bertz CT molecular complexity index is 315. The lowest BCUT2D eigenvalue weighted by atomic mass is 10.2. The lowest BCUT2D eigenvalue weighted by Crippen LogP contribution is -2.33.